The van der Waals surface area contributed by atoms with Crippen molar-refractivity contribution < 1.29 is 13.9 Å². The topological polar surface area (TPSA) is 104 Å². The zero-order valence-corrected chi connectivity index (χ0v) is 19.1. The summed E-state index contributed by atoms with van der Waals surface area (Å²) in [5.74, 6) is -1.70. The molecule has 11 heteroatoms. The Morgan fingerprint density at radius 3 is 2.47 bits per heavy atom. The van der Waals surface area contributed by atoms with E-state index >= 15 is 0 Å². The summed E-state index contributed by atoms with van der Waals surface area (Å²) in [6.07, 6.45) is 7.50. The maximum absolute atomic E-state index is 14.8. The highest BCUT2D eigenvalue weighted by molar-refractivity contribution is 5.64. The Bertz CT molecular complexity index is 1530. The van der Waals surface area contributed by atoms with Crippen molar-refractivity contribution in [1.82, 2.24) is 34.3 Å². The summed E-state index contributed by atoms with van der Waals surface area (Å²) in [6, 6.07) is 12.6. The minimum atomic E-state index is -1.95. The molecule has 0 amide bonds. The molecular formula is C25H21F2N7O2. The highest BCUT2D eigenvalue weighted by atomic mass is 19.1. The first-order valence-electron chi connectivity index (χ1n) is 11.0. The second kappa shape index (κ2) is 9.27. The quantitative estimate of drug-likeness (QED) is 0.377. The Morgan fingerprint density at radius 2 is 1.83 bits per heavy atom. The molecule has 0 spiro atoms. The largest absolute Gasteiger partial charge is 0.381 e. The summed E-state index contributed by atoms with van der Waals surface area (Å²) in [5.41, 5.74) is -0.222. The summed E-state index contributed by atoms with van der Waals surface area (Å²) in [5, 5.41) is 23.5. The van der Waals surface area contributed by atoms with Gasteiger partial charge in [-0.2, -0.15) is 5.10 Å². The molecular weight excluding hydrogens is 468 g/mol. The van der Waals surface area contributed by atoms with Crippen molar-refractivity contribution in [2.24, 2.45) is 0 Å². The van der Waals surface area contributed by atoms with Gasteiger partial charge in [0.15, 0.2) is 0 Å². The number of halogens is 2. The lowest BCUT2D eigenvalue weighted by Gasteiger charge is -2.35. The zero-order chi connectivity index (χ0) is 25.3. The predicted molar refractivity (Wildman–Crippen MR) is 126 cm³/mol. The first-order valence-corrected chi connectivity index (χ1v) is 11.0. The fraction of sp³-hybridized carbons (Fsp3) is 0.160. The van der Waals surface area contributed by atoms with Crippen LogP contribution in [-0.2, 0) is 12.1 Å². The van der Waals surface area contributed by atoms with Crippen LogP contribution in [0.25, 0.3) is 16.8 Å². The molecule has 5 rings (SSSR count). The van der Waals surface area contributed by atoms with Gasteiger partial charge in [-0.15, -0.1) is 5.10 Å². The summed E-state index contributed by atoms with van der Waals surface area (Å²) < 4.78 is 32.7. The molecule has 2 aromatic carbocycles. The highest BCUT2D eigenvalue weighted by Gasteiger charge is 2.40. The van der Waals surface area contributed by atoms with Crippen molar-refractivity contribution in [3.05, 3.63) is 113 Å². The lowest BCUT2D eigenvalue weighted by Crippen LogP contribution is -2.43. The summed E-state index contributed by atoms with van der Waals surface area (Å²) >= 11 is 0. The molecule has 0 saturated carbocycles. The van der Waals surface area contributed by atoms with Crippen LogP contribution in [0.5, 0.6) is 0 Å². The zero-order valence-electron chi connectivity index (χ0n) is 19.1. The van der Waals surface area contributed by atoms with E-state index in [1.54, 1.807) is 36.3 Å². The number of benzene rings is 2. The monoisotopic (exact) mass is 489 g/mol. The van der Waals surface area contributed by atoms with Gasteiger partial charge in [0.25, 0.3) is 5.56 Å². The Morgan fingerprint density at radius 1 is 1.03 bits per heavy atom. The molecule has 2 atom stereocenters. The number of rotatable bonds is 7. The van der Waals surface area contributed by atoms with E-state index in [4.69, 9.17) is 0 Å². The van der Waals surface area contributed by atoms with Gasteiger partial charge in [0, 0.05) is 23.9 Å². The summed E-state index contributed by atoms with van der Waals surface area (Å²) in [7, 11) is 0. The van der Waals surface area contributed by atoms with Crippen LogP contribution in [0.3, 0.4) is 0 Å². The molecule has 3 aromatic heterocycles. The van der Waals surface area contributed by atoms with Gasteiger partial charge in [-0.25, -0.2) is 23.1 Å². The minimum absolute atomic E-state index is 0.161. The number of hydrogen-bond donors (Lipinski definition) is 1. The van der Waals surface area contributed by atoms with Crippen molar-refractivity contribution in [2.75, 3.05) is 0 Å². The number of nitrogens with zero attached hydrogens (tertiary/aromatic N) is 7. The predicted octanol–water partition coefficient (Wildman–Crippen LogP) is 3.11. The van der Waals surface area contributed by atoms with Crippen molar-refractivity contribution in [3.63, 3.8) is 0 Å². The van der Waals surface area contributed by atoms with E-state index < -0.39 is 28.8 Å². The molecule has 1 N–H and O–H groups in total. The molecule has 0 bridgehead atoms. The van der Waals surface area contributed by atoms with E-state index in [1.807, 2.05) is 24.3 Å². The Labute approximate surface area is 203 Å². The van der Waals surface area contributed by atoms with Crippen LogP contribution >= 0.6 is 0 Å². The maximum Gasteiger partial charge on any atom is 0.251 e. The van der Waals surface area contributed by atoms with Gasteiger partial charge in [-0.1, -0.05) is 23.4 Å². The fourth-order valence-corrected chi connectivity index (χ4v) is 4.22. The normalized spacial score (nSPS) is 13.9. The van der Waals surface area contributed by atoms with Gasteiger partial charge in [0.05, 0.1) is 30.7 Å². The van der Waals surface area contributed by atoms with Crippen molar-refractivity contribution in [2.45, 2.75) is 25.1 Å². The molecule has 0 radical (unpaired) electrons. The third kappa shape index (κ3) is 4.31. The minimum Gasteiger partial charge on any atom is -0.381 e. The molecule has 0 saturated heterocycles. The molecule has 0 aliphatic heterocycles. The molecule has 5 aromatic rings. The van der Waals surface area contributed by atoms with Gasteiger partial charge in [-0.05, 0) is 42.3 Å². The van der Waals surface area contributed by atoms with Crippen molar-refractivity contribution in [1.29, 1.82) is 0 Å². The second-order valence-corrected chi connectivity index (χ2v) is 8.37. The molecule has 9 nitrogen and oxygen atoms in total. The third-order valence-corrected chi connectivity index (χ3v) is 6.21. The van der Waals surface area contributed by atoms with E-state index in [9.17, 15) is 18.7 Å². The SMILES string of the molecule is C[C@@H](n1ccc(-c2ccc(-n3ccnn3)cc2)cc1=O)[C@](O)(Cn1cncn1)c1ccc(F)cc1F. The third-order valence-electron chi connectivity index (χ3n) is 6.21. The smallest absolute Gasteiger partial charge is 0.251 e. The Kier molecular flexibility index (Phi) is 5.98. The van der Waals surface area contributed by atoms with Gasteiger partial charge >= 0.3 is 0 Å². The van der Waals surface area contributed by atoms with E-state index in [0.717, 1.165) is 17.3 Å². The molecule has 3 heterocycles. The maximum atomic E-state index is 14.8. The Balaban J connectivity index is 1.50. The van der Waals surface area contributed by atoms with Crippen LogP contribution in [0.1, 0.15) is 18.5 Å². The van der Waals surface area contributed by atoms with Crippen LogP contribution in [0, 0.1) is 11.6 Å². The molecule has 0 unspecified atom stereocenters. The summed E-state index contributed by atoms with van der Waals surface area (Å²) in [6.45, 7) is 1.38. The average Bonchev–Trinajstić information content (AvgIpc) is 3.58. The highest BCUT2D eigenvalue weighted by Crippen LogP contribution is 2.36. The molecule has 0 aliphatic carbocycles. The molecule has 36 heavy (non-hydrogen) atoms. The number of hydrogen-bond acceptors (Lipinski definition) is 6. The first kappa shape index (κ1) is 23.2. The summed E-state index contributed by atoms with van der Waals surface area (Å²) in [4.78, 5) is 17.0. The van der Waals surface area contributed by atoms with Crippen LogP contribution in [-0.4, -0.2) is 39.4 Å². The average molecular weight is 489 g/mol. The van der Waals surface area contributed by atoms with Gasteiger partial charge < -0.3 is 9.67 Å². The van der Waals surface area contributed by atoms with Crippen LogP contribution < -0.4 is 5.56 Å². The lowest BCUT2D eigenvalue weighted by molar-refractivity contribution is -0.0341. The van der Waals surface area contributed by atoms with Crippen LogP contribution in [0.2, 0.25) is 0 Å². The standard InChI is InChI=1S/C25H21F2N7O2/c1-17(25(36,14-32-16-28-15-30-32)22-7-4-20(26)13-23(22)27)33-10-8-19(12-24(33)35)18-2-5-21(6-3-18)34-11-9-29-31-34/h2-13,15-17,36H,14H2,1H3/t17-,25-/m1/s1. The number of pyridine rings is 1. The number of aromatic nitrogens is 7. The van der Waals surface area contributed by atoms with E-state index in [2.05, 4.69) is 20.4 Å². The second-order valence-electron chi connectivity index (χ2n) is 8.37. The first-order chi connectivity index (χ1) is 17.3. The van der Waals surface area contributed by atoms with E-state index in [0.29, 0.717) is 11.6 Å². The van der Waals surface area contributed by atoms with Crippen molar-refractivity contribution in [3.8, 4) is 16.8 Å². The van der Waals surface area contributed by atoms with Gasteiger partial charge in [0.2, 0.25) is 0 Å². The molecule has 182 valence electrons. The number of aliphatic hydroxyl groups is 1. The Hall–Kier alpha value is -4.51. The van der Waals surface area contributed by atoms with Crippen molar-refractivity contribution >= 4 is 0 Å². The van der Waals surface area contributed by atoms with Gasteiger partial charge in [0.1, 0.15) is 29.9 Å². The molecule has 0 aliphatic rings. The fourth-order valence-electron chi connectivity index (χ4n) is 4.22. The molecule has 0 fully saturated rings. The van der Waals surface area contributed by atoms with E-state index in [-0.39, 0.29) is 12.1 Å². The lowest BCUT2D eigenvalue weighted by atomic mass is 9.86. The van der Waals surface area contributed by atoms with Crippen LogP contribution in [0.15, 0.2) is 90.6 Å². The van der Waals surface area contributed by atoms with E-state index in [1.165, 1.54) is 34.0 Å². The van der Waals surface area contributed by atoms with Crippen LogP contribution in [0.4, 0.5) is 8.78 Å². The van der Waals surface area contributed by atoms with Gasteiger partial charge in [-0.3, -0.25) is 4.79 Å².